The zero-order valence-corrected chi connectivity index (χ0v) is 18.5. The minimum atomic E-state index is -0.567. The van der Waals surface area contributed by atoms with E-state index in [1.165, 1.54) is 6.08 Å². The number of hydrogen-bond donors (Lipinski definition) is 0. The molecule has 0 unspecified atom stereocenters. The third-order valence-electron chi connectivity index (χ3n) is 4.88. The van der Waals surface area contributed by atoms with E-state index in [0.717, 1.165) is 16.5 Å². The molecule has 7 nitrogen and oxygen atoms in total. The van der Waals surface area contributed by atoms with E-state index in [-0.39, 0.29) is 13.2 Å². The van der Waals surface area contributed by atoms with Gasteiger partial charge in [-0.2, -0.15) is 0 Å². The predicted octanol–water partition coefficient (Wildman–Crippen LogP) is 4.49. The lowest BCUT2D eigenvalue weighted by Crippen LogP contribution is -2.14. The molecule has 1 aromatic heterocycles. The smallest absolute Gasteiger partial charge is 0.340 e. The second-order valence-corrected chi connectivity index (χ2v) is 6.85. The minimum Gasteiger partial charge on any atom is -0.493 e. The average molecular weight is 435 g/mol. The van der Waals surface area contributed by atoms with Gasteiger partial charge in [-0.3, -0.25) is 0 Å². The number of aromatic nitrogens is 1. The minimum absolute atomic E-state index is 0.158. The molecule has 3 aromatic rings. The molecule has 0 bridgehead atoms. The molecule has 0 atom stereocenters. The largest absolute Gasteiger partial charge is 0.493 e. The monoisotopic (exact) mass is 435 g/mol. The number of aryl methyl sites for hydroxylation is 1. The van der Waals surface area contributed by atoms with Gasteiger partial charge in [-0.05, 0) is 49.2 Å². The number of ether oxygens (including phenoxy) is 4. The van der Waals surface area contributed by atoms with Crippen LogP contribution in [0.4, 0.5) is 0 Å². The summed E-state index contributed by atoms with van der Waals surface area (Å²) >= 11 is 0. The van der Waals surface area contributed by atoms with E-state index in [0.29, 0.717) is 28.3 Å². The molecule has 0 amide bonds. The molecular weight excluding hydrogens is 410 g/mol. The van der Waals surface area contributed by atoms with E-state index in [1.54, 1.807) is 45.4 Å². The molecule has 0 radical (unpaired) electrons. The number of methoxy groups -OCH3 is 2. The summed E-state index contributed by atoms with van der Waals surface area (Å²) < 4.78 is 21.0. The van der Waals surface area contributed by atoms with Crippen molar-refractivity contribution in [3.8, 4) is 11.5 Å². The quantitative estimate of drug-likeness (QED) is 0.381. The third-order valence-corrected chi connectivity index (χ3v) is 4.88. The number of nitrogens with zero attached hydrogens (tertiary/aromatic N) is 1. The summed E-state index contributed by atoms with van der Waals surface area (Å²) in [5, 5.41) is 0.846. The summed E-state index contributed by atoms with van der Waals surface area (Å²) in [6, 6.07) is 12.8. The molecule has 7 heteroatoms. The Bertz CT molecular complexity index is 1170. The fourth-order valence-corrected chi connectivity index (χ4v) is 3.33. The Morgan fingerprint density at radius 2 is 1.75 bits per heavy atom. The van der Waals surface area contributed by atoms with E-state index < -0.39 is 11.9 Å². The van der Waals surface area contributed by atoms with Gasteiger partial charge >= 0.3 is 11.9 Å². The summed E-state index contributed by atoms with van der Waals surface area (Å²) in [6.07, 6.45) is 2.91. The Balaban J connectivity index is 1.80. The molecule has 0 aliphatic heterocycles. The lowest BCUT2D eigenvalue weighted by Gasteiger charge is -2.13. The lowest BCUT2D eigenvalue weighted by atomic mass is 10.0. The van der Waals surface area contributed by atoms with Crippen molar-refractivity contribution in [1.82, 2.24) is 4.98 Å². The van der Waals surface area contributed by atoms with E-state index >= 15 is 0 Å². The number of benzene rings is 2. The first kappa shape index (κ1) is 22.8. The maximum atomic E-state index is 12.6. The van der Waals surface area contributed by atoms with E-state index in [1.807, 2.05) is 31.2 Å². The van der Waals surface area contributed by atoms with Crippen molar-refractivity contribution in [3.05, 3.63) is 70.9 Å². The molecular formula is C25H25NO6. The topological polar surface area (TPSA) is 84.0 Å². The van der Waals surface area contributed by atoms with Gasteiger partial charge in [-0.1, -0.05) is 24.3 Å². The van der Waals surface area contributed by atoms with Gasteiger partial charge in [-0.15, -0.1) is 0 Å². The molecule has 0 saturated carbocycles. The molecule has 3 rings (SSSR count). The van der Waals surface area contributed by atoms with Crippen LogP contribution in [0.15, 0.2) is 48.5 Å². The standard InChI is InChI=1S/C25H25NO6/c1-5-31-25(28)24-16(2)18-8-6-7-9-19(18)26-20(24)15-32-23(27)13-11-17-10-12-21(29-3)22(14-17)30-4/h6-14H,5,15H2,1-4H3/b13-11+. The Morgan fingerprint density at radius 1 is 1.00 bits per heavy atom. The maximum absolute atomic E-state index is 12.6. The Labute approximate surface area is 186 Å². The Kier molecular flexibility index (Phi) is 7.44. The summed E-state index contributed by atoms with van der Waals surface area (Å²) in [5.41, 5.74) is 2.87. The van der Waals surface area contributed by atoms with Gasteiger partial charge in [-0.25, -0.2) is 14.6 Å². The van der Waals surface area contributed by atoms with Crippen LogP contribution in [0.1, 0.15) is 34.1 Å². The van der Waals surface area contributed by atoms with Crippen LogP contribution in [0.3, 0.4) is 0 Å². The molecule has 1 heterocycles. The molecule has 0 fully saturated rings. The van der Waals surface area contributed by atoms with E-state index in [2.05, 4.69) is 4.98 Å². The molecule has 0 spiro atoms. The highest BCUT2D eigenvalue weighted by Gasteiger charge is 2.20. The van der Waals surface area contributed by atoms with Gasteiger partial charge in [0.15, 0.2) is 11.5 Å². The molecule has 0 aliphatic rings. The van der Waals surface area contributed by atoms with Gasteiger partial charge in [0.2, 0.25) is 0 Å². The second-order valence-electron chi connectivity index (χ2n) is 6.85. The number of esters is 2. The van der Waals surface area contributed by atoms with Crippen LogP contribution in [0.5, 0.6) is 11.5 Å². The van der Waals surface area contributed by atoms with Crippen LogP contribution in [0, 0.1) is 6.92 Å². The summed E-state index contributed by atoms with van der Waals surface area (Å²) in [5.74, 6) is 0.0896. The SMILES string of the molecule is CCOC(=O)c1c(COC(=O)/C=C/c2ccc(OC)c(OC)c2)nc2ccccc2c1C. The molecule has 0 aliphatic carbocycles. The number of carbonyl (C=O) groups excluding carboxylic acids is 2. The highest BCUT2D eigenvalue weighted by atomic mass is 16.5. The van der Waals surface area contributed by atoms with Crippen LogP contribution in [0.25, 0.3) is 17.0 Å². The summed E-state index contributed by atoms with van der Waals surface area (Å²) in [7, 11) is 3.09. The highest BCUT2D eigenvalue weighted by molar-refractivity contribution is 5.98. The van der Waals surface area contributed by atoms with Crippen LogP contribution in [-0.2, 0) is 20.9 Å². The van der Waals surface area contributed by atoms with Crippen molar-refractivity contribution in [2.75, 3.05) is 20.8 Å². The third kappa shape index (κ3) is 5.06. The maximum Gasteiger partial charge on any atom is 0.340 e. The van der Waals surface area contributed by atoms with E-state index in [9.17, 15) is 9.59 Å². The Morgan fingerprint density at radius 3 is 2.47 bits per heavy atom. The van der Waals surface area contributed by atoms with Crippen LogP contribution < -0.4 is 9.47 Å². The van der Waals surface area contributed by atoms with Crippen molar-refractivity contribution in [1.29, 1.82) is 0 Å². The molecule has 32 heavy (non-hydrogen) atoms. The Hall–Kier alpha value is -3.87. The van der Waals surface area contributed by atoms with Crippen molar-refractivity contribution in [2.45, 2.75) is 20.5 Å². The highest BCUT2D eigenvalue weighted by Crippen LogP contribution is 2.28. The zero-order valence-electron chi connectivity index (χ0n) is 18.5. The molecule has 0 N–H and O–H groups in total. The fourth-order valence-electron chi connectivity index (χ4n) is 3.33. The lowest BCUT2D eigenvalue weighted by molar-refractivity contribution is -0.139. The normalized spacial score (nSPS) is 10.9. The van der Waals surface area contributed by atoms with E-state index in [4.69, 9.17) is 18.9 Å². The average Bonchev–Trinajstić information content (AvgIpc) is 2.81. The fraction of sp³-hybridized carbons (Fsp3) is 0.240. The number of para-hydroxylation sites is 1. The van der Waals surface area contributed by atoms with Crippen molar-refractivity contribution >= 4 is 28.9 Å². The van der Waals surface area contributed by atoms with Crippen LogP contribution in [0.2, 0.25) is 0 Å². The number of hydrogen-bond acceptors (Lipinski definition) is 7. The predicted molar refractivity (Wildman–Crippen MR) is 121 cm³/mol. The van der Waals surface area contributed by atoms with Gasteiger partial charge < -0.3 is 18.9 Å². The van der Waals surface area contributed by atoms with Crippen molar-refractivity contribution < 1.29 is 28.5 Å². The summed E-state index contributed by atoms with van der Waals surface area (Å²) in [6.45, 7) is 3.65. The first-order valence-corrected chi connectivity index (χ1v) is 10.1. The van der Waals surface area contributed by atoms with Gasteiger partial charge in [0.25, 0.3) is 0 Å². The first-order chi connectivity index (χ1) is 15.5. The van der Waals surface area contributed by atoms with Crippen molar-refractivity contribution in [3.63, 3.8) is 0 Å². The zero-order chi connectivity index (χ0) is 23.1. The number of pyridine rings is 1. The summed E-state index contributed by atoms with van der Waals surface area (Å²) in [4.78, 5) is 29.4. The number of fused-ring (bicyclic) bond motifs is 1. The molecule has 2 aromatic carbocycles. The molecule has 166 valence electrons. The van der Waals surface area contributed by atoms with Crippen LogP contribution in [-0.4, -0.2) is 37.7 Å². The van der Waals surface area contributed by atoms with Crippen LogP contribution >= 0.6 is 0 Å². The number of rotatable bonds is 8. The number of carbonyl (C=O) groups is 2. The first-order valence-electron chi connectivity index (χ1n) is 10.1. The molecule has 0 saturated heterocycles. The van der Waals surface area contributed by atoms with Crippen molar-refractivity contribution in [2.24, 2.45) is 0 Å². The van der Waals surface area contributed by atoms with Gasteiger partial charge in [0.05, 0.1) is 37.6 Å². The van der Waals surface area contributed by atoms with Gasteiger partial charge in [0, 0.05) is 11.5 Å². The second kappa shape index (κ2) is 10.4. The van der Waals surface area contributed by atoms with Gasteiger partial charge in [0.1, 0.15) is 6.61 Å².